The highest BCUT2D eigenvalue weighted by Crippen LogP contribution is 2.18. The summed E-state index contributed by atoms with van der Waals surface area (Å²) < 4.78 is 15.1. The lowest BCUT2D eigenvalue weighted by atomic mass is 10.1. The molecule has 0 radical (unpaired) electrons. The highest BCUT2D eigenvalue weighted by atomic mass is 19.1. The van der Waals surface area contributed by atoms with Gasteiger partial charge >= 0.3 is 0 Å². The van der Waals surface area contributed by atoms with Crippen molar-refractivity contribution in [3.8, 4) is 0 Å². The number of hydrogen-bond acceptors (Lipinski definition) is 2. The highest BCUT2D eigenvalue weighted by Gasteiger charge is 2.13. The molecule has 1 atom stereocenters. The normalized spacial score (nSPS) is 12.7. The van der Waals surface area contributed by atoms with Crippen molar-refractivity contribution in [1.82, 2.24) is 9.55 Å². The molecule has 3 nitrogen and oxygen atoms in total. The van der Waals surface area contributed by atoms with Crippen LogP contribution in [0.4, 0.5) is 4.39 Å². The van der Waals surface area contributed by atoms with E-state index in [0.717, 1.165) is 0 Å². The Morgan fingerprint density at radius 2 is 2.19 bits per heavy atom. The van der Waals surface area contributed by atoms with E-state index in [0.29, 0.717) is 11.3 Å². The second-order valence-electron chi connectivity index (χ2n) is 3.74. The standard InChI is InChI=1S/C12H13FN2O/c1-15-8-14-7-11(15)12(16)6-9-4-2-3-5-10(9)13/h2-5,7-8,12,16H,6H2,1H3. The van der Waals surface area contributed by atoms with Gasteiger partial charge in [0.25, 0.3) is 0 Å². The van der Waals surface area contributed by atoms with Gasteiger partial charge < -0.3 is 9.67 Å². The molecule has 2 aromatic rings. The van der Waals surface area contributed by atoms with E-state index in [9.17, 15) is 9.50 Å². The van der Waals surface area contributed by atoms with Crippen molar-refractivity contribution in [2.75, 3.05) is 0 Å². The molecular weight excluding hydrogens is 207 g/mol. The van der Waals surface area contributed by atoms with Gasteiger partial charge in [-0.2, -0.15) is 0 Å². The monoisotopic (exact) mass is 220 g/mol. The molecule has 0 aliphatic carbocycles. The Hall–Kier alpha value is -1.68. The fourth-order valence-corrected chi connectivity index (χ4v) is 1.67. The first kappa shape index (κ1) is 10.8. The van der Waals surface area contributed by atoms with Crippen LogP contribution < -0.4 is 0 Å². The third-order valence-corrected chi connectivity index (χ3v) is 2.57. The Morgan fingerprint density at radius 3 is 2.81 bits per heavy atom. The zero-order chi connectivity index (χ0) is 11.5. The number of aryl methyl sites for hydroxylation is 1. The van der Waals surface area contributed by atoms with Gasteiger partial charge in [0.05, 0.1) is 24.3 Å². The van der Waals surface area contributed by atoms with Crippen molar-refractivity contribution in [2.24, 2.45) is 7.05 Å². The lowest BCUT2D eigenvalue weighted by molar-refractivity contribution is 0.169. The van der Waals surface area contributed by atoms with Gasteiger partial charge in [-0.1, -0.05) is 18.2 Å². The molecule has 0 fully saturated rings. The molecule has 0 amide bonds. The predicted octanol–water partition coefficient (Wildman–Crippen LogP) is 1.84. The molecule has 0 aliphatic rings. The second-order valence-corrected chi connectivity index (χ2v) is 3.74. The summed E-state index contributed by atoms with van der Waals surface area (Å²) in [4.78, 5) is 3.92. The molecule has 0 saturated carbocycles. The maximum Gasteiger partial charge on any atom is 0.126 e. The van der Waals surface area contributed by atoms with Gasteiger partial charge in [0, 0.05) is 13.5 Å². The highest BCUT2D eigenvalue weighted by molar-refractivity contribution is 5.19. The molecule has 4 heteroatoms. The van der Waals surface area contributed by atoms with E-state index >= 15 is 0 Å². The number of aliphatic hydroxyl groups excluding tert-OH is 1. The molecule has 0 aliphatic heterocycles. The quantitative estimate of drug-likeness (QED) is 0.857. The zero-order valence-electron chi connectivity index (χ0n) is 8.97. The predicted molar refractivity (Wildman–Crippen MR) is 58.3 cm³/mol. The van der Waals surface area contributed by atoms with E-state index < -0.39 is 6.10 Å². The van der Waals surface area contributed by atoms with Gasteiger partial charge in [0.1, 0.15) is 5.82 Å². The largest absolute Gasteiger partial charge is 0.386 e. The van der Waals surface area contributed by atoms with Crippen molar-refractivity contribution in [1.29, 1.82) is 0 Å². The SMILES string of the molecule is Cn1cncc1C(O)Cc1ccccc1F. The third kappa shape index (κ3) is 2.12. The van der Waals surface area contributed by atoms with Gasteiger partial charge in [-0.05, 0) is 11.6 Å². The van der Waals surface area contributed by atoms with Gasteiger partial charge in [-0.3, -0.25) is 0 Å². The molecule has 1 aromatic heterocycles. The van der Waals surface area contributed by atoms with Crippen LogP contribution in [0.1, 0.15) is 17.4 Å². The van der Waals surface area contributed by atoms with Gasteiger partial charge in [0.15, 0.2) is 0 Å². The number of hydrogen-bond donors (Lipinski definition) is 1. The van der Waals surface area contributed by atoms with E-state index in [1.807, 2.05) is 0 Å². The van der Waals surface area contributed by atoms with E-state index in [2.05, 4.69) is 4.98 Å². The van der Waals surface area contributed by atoms with E-state index in [1.165, 1.54) is 6.07 Å². The molecule has 84 valence electrons. The Morgan fingerprint density at radius 1 is 1.44 bits per heavy atom. The van der Waals surface area contributed by atoms with Crippen LogP contribution in [-0.4, -0.2) is 14.7 Å². The molecule has 0 spiro atoms. The van der Waals surface area contributed by atoms with Gasteiger partial charge in [-0.15, -0.1) is 0 Å². The Kier molecular flexibility index (Phi) is 3.01. The summed E-state index contributed by atoms with van der Waals surface area (Å²) in [5, 5.41) is 9.94. The number of rotatable bonds is 3. The minimum atomic E-state index is -0.732. The number of aromatic nitrogens is 2. The van der Waals surface area contributed by atoms with Crippen LogP contribution in [0.15, 0.2) is 36.8 Å². The Labute approximate surface area is 93.2 Å². The molecular formula is C12H13FN2O. The van der Waals surface area contributed by atoms with Gasteiger partial charge in [-0.25, -0.2) is 9.37 Å². The molecule has 1 unspecified atom stereocenters. The van der Waals surface area contributed by atoms with Crippen molar-refractivity contribution < 1.29 is 9.50 Å². The van der Waals surface area contributed by atoms with Crippen LogP contribution >= 0.6 is 0 Å². The van der Waals surface area contributed by atoms with Crippen LogP contribution in [0.5, 0.6) is 0 Å². The molecule has 0 saturated heterocycles. The van der Waals surface area contributed by atoms with Crippen molar-refractivity contribution >= 4 is 0 Å². The fraction of sp³-hybridized carbons (Fsp3) is 0.250. The van der Waals surface area contributed by atoms with E-state index in [-0.39, 0.29) is 12.2 Å². The third-order valence-electron chi connectivity index (χ3n) is 2.57. The average molecular weight is 220 g/mol. The molecule has 1 N–H and O–H groups in total. The molecule has 0 bridgehead atoms. The summed E-state index contributed by atoms with van der Waals surface area (Å²) in [6.45, 7) is 0. The van der Waals surface area contributed by atoms with Crippen LogP contribution in [0.25, 0.3) is 0 Å². The number of aliphatic hydroxyl groups is 1. The first-order chi connectivity index (χ1) is 7.68. The molecule has 16 heavy (non-hydrogen) atoms. The molecule has 1 aromatic carbocycles. The lowest BCUT2D eigenvalue weighted by Gasteiger charge is -2.11. The van der Waals surface area contributed by atoms with Crippen LogP contribution in [0, 0.1) is 5.82 Å². The summed E-state index contributed by atoms with van der Waals surface area (Å²) in [6, 6.07) is 6.46. The summed E-state index contributed by atoms with van der Waals surface area (Å²) in [5.74, 6) is -0.288. The summed E-state index contributed by atoms with van der Waals surface area (Å²) in [5.41, 5.74) is 1.19. The van der Waals surface area contributed by atoms with Crippen molar-refractivity contribution in [2.45, 2.75) is 12.5 Å². The summed E-state index contributed by atoms with van der Waals surface area (Å²) in [6.07, 6.45) is 2.72. The summed E-state index contributed by atoms with van der Waals surface area (Å²) in [7, 11) is 1.80. The Balaban J connectivity index is 2.17. The maximum atomic E-state index is 13.4. The average Bonchev–Trinajstić information content (AvgIpc) is 2.68. The van der Waals surface area contributed by atoms with Crippen LogP contribution in [-0.2, 0) is 13.5 Å². The van der Waals surface area contributed by atoms with Crippen molar-refractivity contribution in [3.05, 3.63) is 53.9 Å². The number of imidazole rings is 1. The Bertz CT molecular complexity index is 481. The van der Waals surface area contributed by atoms with Gasteiger partial charge in [0.2, 0.25) is 0 Å². The minimum Gasteiger partial charge on any atom is -0.386 e. The number of benzene rings is 1. The summed E-state index contributed by atoms with van der Waals surface area (Å²) >= 11 is 0. The second kappa shape index (κ2) is 4.45. The van der Waals surface area contributed by atoms with E-state index in [1.54, 1.807) is 42.3 Å². The van der Waals surface area contributed by atoms with Crippen molar-refractivity contribution in [3.63, 3.8) is 0 Å². The molecule has 1 heterocycles. The zero-order valence-corrected chi connectivity index (χ0v) is 8.97. The maximum absolute atomic E-state index is 13.4. The lowest BCUT2D eigenvalue weighted by Crippen LogP contribution is -2.07. The van der Waals surface area contributed by atoms with Crippen LogP contribution in [0.3, 0.4) is 0 Å². The fourth-order valence-electron chi connectivity index (χ4n) is 1.67. The first-order valence-corrected chi connectivity index (χ1v) is 5.06. The van der Waals surface area contributed by atoms with E-state index in [4.69, 9.17) is 0 Å². The van der Waals surface area contributed by atoms with Crippen LogP contribution in [0.2, 0.25) is 0 Å². The molecule has 2 rings (SSSR count). The number of nitrogens with zero attached hydrogens (tertiary/aromatic N) is 2. The smallest absolute Gasteiger partial charge is 0.126 e. The first-order valence-electron chi connectivity index (χ1n) is 5.06. The topological polar surface area (TPSA) is 38.0 Å². The minimum absolute atomic E-state index is 0.256. The number of halogens is 1.